The predicted molar refractivity (Wildman–Crippen MR) is 84.1 cm³/mol. The zero-order valence-corrected chi connectivity index (χ0v) is 12.5. The predicted octanol–water partition coefficient (Wildman–Crippen LogP) is 3.42. The third kappa shape index (κ3) is 3.34. The summed E-state index contributed by atoms with van der Waals surface area (Å²) in [5.74, 6) is 1.54. The van der Waals surface area contributed by atoms with Crippen molar-refractivity contribution in [2.24, 2.45) is 5.92 Å². The lowest BCUT2D eigenvalue weighted by Gasteiger charge is -2.08. The van der Waals surface area contributed by atoms with Crippen LogP contribution in [0.1, 0.15) is 25.2 Å². The van der Waals surface area contributed by atoms with Crippen LogP contribution in [0.4, 0.5) is 0 Å². The Bertz CT molecular complexity index is 698. The van der Waals surface area contributed by atoms with Crippen LogP contribution < -0.4 is 5.32 Å². The second-order valence-corrected chi connectivity index (χ2v) is 5.84. The third-order valence-electron chi connectivity index (χ3n) is 3.54. The van der Waals surface area contributed by atoms with Gasteiger partial charge in [-0.1, -0.05) is 31.1 Å². The van der Waals surface area contributed by atoms with Crippen molar-refractivity contribution in [3.63, 3.8) is 0 Å². The molecule has 4 heteroatoms. The molecule has 0 fully saturated rings. The zero-order valence-electron chi connectivity index (χ0n) is 12.5. The molecule has 0 spiro atoms. The van der Waals surface area contributed by atoms with Gasteiger partial charge in [-0.2, -0.15) is 0 Å². The van der Waals surface area contributed by atoms with Crippen LogP contribution in [0.5, 0.6) is 0 Å². The Hall–Kier alpha value is -2.07. The van der Waals surface area contributed by atoms with Crippen molar-refractivity contribution in [2.45, 2.75) is 26.9 Å². The molecule has 21 heavy (non-hydrogen) atoms. The van der Waals surface area contributed by atoms with Crippen LogP contribution in [0.2, 0.25) is 0 Å². The van der Waals surface area contributed by atoms with Gasteiger partial charge in [-0.15, -0.1) is 0 Å². The Morgan fingerprint density at radius 3 is 2.90 bits per heavy atom. The maximum Gasteiger partial charge on any atom is 0.156 e. The van der Waals surface area contributed by atoms with Crippen molar-refractivity contribution >= 4 is 10.9 Å². The molecular formula is C17H21N3O. The van der Waals surface area contributed by atoms with Gasteiger partial charge in [0.25, 0.3) is 0 Å². The first-order valence-corrected chi connectivity index (χ1v) is 7.40. The van der Waals surface area contributed by atoms with E-state index in [9.17, 15) is 0 Å². The first-order valence-electron chi connectivity index (χ1n) is 7.40. The number of hydrogen-bond donors (Lipinski definition) is 1. The maximum atomic E-state index is 5.19. The molecule has 0 aliphatic rings. The Morgan fingerprint density at radius 1 is 1.24 bits per heavy atom. The molecule has 0 radical (unpaired) electrons. The molecule has 1 N–H and O–H groups in total. The lowest BCUT2D eigenvalue weighted by Crippen LogP contribution is -2.18. The Balaban J connectivity index is 1.79. The molecule has 0 amide bonds. The van der Waals surface area contributed by atoms with Crippen LogP contribution in [-0.4, -0.2) is 16.3 Å². The molecule has 0 saturated carbocycles. The van der Waals surface area contributed by atoms with Gasteiger partial charge >= 0.3 is 0 Å². The molecule has 1 aromatic carbocycles. The van der Waals surface area contributed by atoms with Gasteiger partial charge in [0.15, 0.2) is 5.76 Å². The molecular weight excluding hydrogens is 262 g/mol. The molecule has 0 unspecified atom stereocenters. The molecule has 4 nitrogen and oxygen atoms in total. The molecule has 2 aromatic heterocycles. The van der Waals surface area contributed by atoms with Gasteiger partial charge in [-0.3, -0.25) is 0 Å². The number of fused-ring (bicyclic) bond motifs is 1. The highest BCUT2D eigenvalue weighted by atomic mass is 16.5. The highest BCUT2D eigenvalue weighted by Crippen LogP contribution is 2.19. The second-order valence-electron chi connectivity index (χ2n) is 5.84. The summed E-state index contributed by atoms with van der Waals surface area (Å²) in [5, 5.41) is 8.50. The molecule has 3 aromatic rings. The topological polar surface area (TPSA) is 43.0 Å². The molecule has 0 aliphatic heterocycles. The van der Waals surface area contributed by atoms with E-state index >= 15 is 0 Å². The second kappa shape index (κ2) is 6.14. The molecule has 0 atom stereocenters. The van der Waals surface area contributed by atoms with E-state index < -0.39 is 0 Å². The third-order valence-corrected chi connectivity index (χ3v) is 3.54. The average Bonchev–Trinajstić information content (AvgIpc) is 3.09. The van der Waals surface area contributed by atoms with Crippen LogP contribution in [0.3, 0.4) is 0 Å². The summed E-state index contributed by atoms with van der Waals surface area (Å²) in [5.41, 5.74) is 2.54. The van der Waals surface area contributed by atoms with Gasteiger partial charge in [0.05, 0.1) is 12.7 Å². The number of rotatable bonds is 6. The Morgan fingerprint density at radius 2 is 2.14 bits per heavy atom. The summed E-state index contributed by atoms with van der Waals surface area (Å²) in [4.78, 5) is 0. The van der Waals surface area contributed by atoms with E-state index in [0.717, 1.165) is 18.8 Å². The van der Waals surface area contributed by atoms with Gasteiger partial charge in [0, 0.05) is 24.3 Å². The minimum absolute atomic E-state index is 0.670. The molecule has 3 rings (SSSR count). The van der Waals surface area contributed by atoms with Crippen LogP contribution in [0.25, 0.3) is 10.9 Å². The summed E-state index contributed by atoms with van der Waals surface area (Å²) in [6.07, 6.45) is 3.78. The van der Waals surface area contributed by atoms with Crippen LogP contribution in [-0.2, 0) is 13.1 Å². The van der Waals surface area contributed by atoms with Gasteiger partial charge in [0.1, 0.15) is 0 Å². The zero-order chi connectivity index (χ0) is 14.7. The van der Waals surface area contributed by atoms with Crippen molar-refractivity contribution in [1.29, 1.82) is 0 Å². The largest absolute Gasteiger partial charge is 0.359 e. The normalized spacial score (nSPS) is 11.6. The quantitative estimate of drug-likeness (QED) is 0.753. The van der Waals surface area contributed by atoms with Crippen LogP contribution in [0, 0.1) is 5.92 Å². The number of benzene rings is 1. The van der Waals surface area contributed by atoms with Crippen molar-refractivity contribution < 1.29 is 4.52 Å². The SMILES string of the molecule is CC(C)CNCc1ccc2ccn(Cc3ccno3)c2c1. The lowest BCUT2D eigenvalue weighted by atomic mass is 10.1. The van der Waals surface area contributed by atoms with Gasteiger partial charge in [0.2, 0.25) is 0 Å². The van der Waals surface area contributed by atoms with Crippen molar-refractivity contribution in [3.05, 3.63) is 54.0 Å². The number of hydrogen-bond acceptors (Lipinski definition) is 3. The van der Waals surface area contributed by atoms with E-state index in [1.54, 1.807) is 6.20 Å². The number of nitrogens with zero attached hydrogens (tertiary/aromatic N) is 2. The fourth-order valence-corrected chi connectivity index (χ4v) is 2.47. The lowest BCUT2D eigenvalue weighted by molar-refractivity contribution is 0.378. The molecule has 0 aliphatic carbocycles. The number of aromatic nitrogens is 2. The van der Waals surface area contributed by atoms with Crippen molar-refractivity contribution in [1.82, 2.24) is 15.0 Å². The smallest absolute Gasteiger partial charge is 0.156 e. The van der Waals surface area contributed by atoms with E-state index in [0.29, 0.717) is 12.5 Å². The van der Waals surface area contributed by atoms with E-state index in [4.69, 9.17) is 4.52 Å². The van der Waals surface area contributed by atoms with Gasteiger partial charge < -0.3 is 14.4 Å². The van der Waals surface area contributed by atoms with Crippen LogP contribution >= 0.6 is 0 Å². The number of nitrogens with one attached hydrogen (secondary N) is 1. The fourth-order valence-electron chi connectivity index (χ4n) is 2.47. The highest BCUT2D eigenvalue weighted by molar-refractivity contribution is 5.80. The summed E-state index contributed by atoms with van der Waals surface area (Å²) in [6, 6.07) is 10.7. The first kappa shape index (κ1) is 13.9. The molecule has 2 heterocycles. The molecule has 0 bridgehead atoms. The van der Waals surface area contributed by atoms with Crippen molar-refractivity contribution in [3.8, 4) is 0 Å². The van der Waals surface area contributed by atoms with Gasteiger partial charge in [-0.05, 0) is 35.5 Å². The van der Waals surface area contributed by atoms with E-state index in [1.807, 2.05) is 6.07 Å². The molecule has 110 valence electrons. The maximum absolute atomic E-state index is 5.19. The Kier molecular flexibility index (Phi) is 4.06. The first-order chi connectivity index (χ1) is 10.2. The van der Waals surface area contributed by atoms with E-state index in [1.165, 1.54) is 16.5 Å². The standard InChI is InChI=1S/C17H21N3O/c1-13(2)10-18-11-14-3-4-15-6-8-20(17(15)9-14)12-16-5-7-19-21-16/h3-9,13,18H,10-12H2,1-2H3. The summed E-state index contributed by atoms with van der Waals surface area (Å²) in [6.45, 7) is 7.10. The van der Waals surface area contributed by atoms with E-state index in [-0.39, 0.29) is 0 Å². The minimum Gasteiger partial charge on any atom is -0.359 e. The van der Waals surface area contributed by atoms with E-state index in [2.05, 4.69) is 59.4 Å². The Labute approximate surface area is 124 Å². The summed E-state index contributed by atoms with van der Waals surface area (Å²) >= 11 is 0. The summed E-state index contributed by atoms with van der Waals surface area (Å²) < 4.78 is 7.39. The average molecular weight is 283 g/mol. The highest BCUT2D eigenvalue weighted by Gasteiger charge is 2.05. The van der Waals surface area contributed by atoms with Crippen LogP contribution in [0.15, 0.2) is 47.2 Å². The van der Waals surface area contributed by atoms with Gasteiger partial charge in [-0.25, -0.2) is 0 Å². The van der Waals surface area contributed by atoms with Crippen molar-refractivity contribution in [2.75, 3.05) is 6.54 Å². The minimum atomic E-state index is 0.670. The summed E-state index contributed by atoms with van der Waals surface area (Å²) in [7, 11) is 0. The molecule has 0 saturated heterocycles. The fraction of sp³-hybridized carbons (Fsp3) is 0.353. The monoisotopic (exact) mass is 283 g/mol.